The van der Waals surface area contributed by atoms with Crippen LogP contribution in [0.15, 0.2) is 15.0 Å². The maximum Gasteiger partial charge on any atom is 0.371 e. The Hall–Kier alpha value is -2.17. The van der Waals surface area contributed by atoms with Crippen LogP contribution in [0.25, 0.3) is 0 Å². The number of nitrogens with zero attached hydrogens (tertiary/aromatic N) is 4. The van der Waals surface area contributed by atoms with Gasteiger partial charge in [-0.3, -0.25) is 0 Å². The molecule has 0 unspecified atom stereocenters. The summed E-state index contributed by atoms with van der Waals surface area (Å²) in [5, 5.41) is 18.7. The summed E-state index contributed by atoms with van der Waals surface area (Å²) in [4.78, 5) is 34.9. The normalized spacial score (nSPS) is 33.0. The van der Waals surface area contributed by atoms with E-state index in [0.29, 0.717) is 0 Å². The molecule has 4 N–H and O–H groups in total. The SMILES string of the molecule is NC1=NC(=O)N=C2C1=NC(=O)N2[C@H]1C[C@H](O)[C@@H](CO)O1. The lowest BCUT2D eigenvalue weighted by Gasteiger charge is -2.23. The monoisotopic (exact) mass is 281 g/mol. The van der Waals surface area contributed by atoms with Gasteiger partial charge in [0.15, 0.2) is 17.4 Å². The van der Waals surface area contributed by atoms with Crippen LogP contribution >= 0.6 is 0 Å². The Morgan fingerprint density at radius 2 is 2.10 bits per heavy atom. The first-order valence-electron chi connectivity index (χ1n) is 5.85. The van der Waals surface area contributed by atoms with Crippen LogP contribution in [0.4, 0.5) is 9.59 Å². The van der Waals surface area contributed by atoms with E-state index >= 15 is 0 Å². The second-order valence-electron chi connectivity index (χ2n) is 4.44. The highest BCUT2D eigenvalue weighted by atomic mass is 16.5. The van der Waals surface area contributed by atoms with Gasteiger partial charge in [0.1, 0.15) is 12.3 Å². The molecule has 4 amide bonds. The highest BCUT2D eigenvalue weighted by molar-refractivity contribution is 6.72. The predicted molar refractivity (Wildman–Crippen MR) is 65.5 cm³/mol. The van der Waals surface area contributed by atoms with E-state index in [-0.39, 0.29) is 30.4 Å². The van der Waals surface area contributed by atoms with Crippen LogP contribution in [-0.4, -0.2) is 69.6 Å². The van der Waals surface area contributed by atoms with E-state index in [4.69, 9.17) is 15.6 Å². The number of amides is 4. The molecule has 0 bridgehead atoms. The van der Waals surface area contributed by atoms with Gasteiger partial charge in [0.05, 0.1) is 12.7 Å². The van der Waals surface area contributed by atoms with Gasteiger partial charge in [-0.25, -0.2) is 14.5 Å². The maximum atomic E-state index is 11.9. The van der Waals surface area contributed by atoms with Crippen molar-refractivity contribution in [2.24, 2.45) is 20.7 Å². The van der Waals surface area contributed by atoms with Crippen molar-refractivity contribution < 1.29 is 24.5 Å². The number of fused-ring (bicyclic) bond motifs is 1. The number of carbonyl (C=O) groups excluding carboxylic acids is 2. The molecule has 1 fully saturated rings. The summed E-state index contributed by atoms with van der Waals surface area (Å²) in [7, 11) is 0. The van der Waals surface area contributed by atoms with Crippen LogP contribution in [0.3, 0.4) is 0 Å². The third-order valence-corrected chi connectivity index (χ3v) is 3.19. The maximum absolute atomic E-state index is 11.9. The molecule has 0 spiro atoms. The van der Waals surface area contributed by atoms with Gasteiger partial charge in [-0.1, -0.05) is 0 Å². The number of ether oxygens (including phenoxy) is 1. The van der Waals surface area contributed by atoms with Crippen molar-refractivity contribution in [1.29, 1.82) is 0 Å². The number of amidine groups is 2. The fourth-order valence-electron chi connectivity index (χ4n) is 2.25. The van der Waals surface area contributed by atoms with Crippen LogP contribution in [0, 0.1) is 0 Å². The quantitative estimate of drug-likeness (QED) is 0.544. The Morgan fingerprint density at radius 3 is 2.75 bits per heavy atom. The van der Waals surface area contributed by atoms with Crippen LogP contribution in [0.1, 0.15) is 6.42 Å². The van der Waals surface area contributed by atoms with Crippen LogP contribution in [-0.2, 0) is 4.74 Å². The fourth-order valence-corrected chi connectivity index (χ4v) is 2.25. The topological polar surface area (TPSA) is 150 Å². The van der Waals surface area contributed by atoms with Gasteiger partial charge in [0.25, 0.3) is 0 Å². The average Bonchev–Trinajstić information content (AvgIpc) is 2.89. The molecule has 0 aromatic carbocycles. The highest BCUT2D eigenvalue weighted by Gasteiger charge is 2.46. The molecule has 0 aliphatic carbocycles. The predicted octanol–water partition coefficient (Wildman–Crippen LogP) is -1.78. The number of aliphatic hydroxyl groups excluding tert-OH is 2. The number of hydrogen-bond acceptors (Lipinski definition) is 6. The number of nitrogens with two attached hydrogens (primary N) is 1. The lowest BCUT2D eigenvalue weighted by Crippen LogP contribution is -2.46. The Morgan fingerprint density at radius 1 is 1.35 bits per heavy atom. The van der Waals surface area contributed by atoms with Crippen molar-refractivity contribution in [2.75, 3.05) is 6.61 Å². The summed E-state index contributed by atoms with van der Waals surface area (Å²) in [6.07, 6.45) is -2.52. The summed E-state index contributed by atoms with van der Waals surface area (Å²) in [5.74, 6) is -0.226. The third-order valence-electron chi connectivity index (χ3n) is 3.19. The van der Waals surface area contributed by atoms with E-state index in [0.717, 1.165) is 4.90 Å². The molecule has 10 heteroatoms. The Labute approximate surface area is 112 Å². The smallest absolute Gasteiger partial charge is 0.371 e. The van der Waals surface area contributed by atoms with E-state index in [1.807, 2.05) is 0 Å². The van der Waals surface area contributed by atoms with E-state index in [1.54, 1.807) is 0 Å². The Balaban J connectivity index is 1.90. The van der Waals surface area contributed by atoms with Gasteiger partial charge in [-0.05, 0) is 0 Å². The Kier molecular flexibility index (Phi) is 2.85. The molecule has 20 heavy (non-hydrogen) atoms. The first kappa shape index (κ1) is 12.8. The number of hydrogen-bond donors (Lipinski definition) is 3. The molecule has 0 aromatic heterocycles. The molecule has 106 valence electrons. The van der Waals surface area contributed by atoms with Crippen molar-refractivity contribution in [1.82, 2.24) is 4.90 Å². The number of urea groups is 2. The van der Waals surface area contributed by atoms with E-state index in [9.17, 15) is 14.7 Å². The van der Waals surface area contributed by atoms with E-state index in [2.05, 4.69) is 15.0 Å². The van der Waals surface area contributed by atoms with Gasteiger partial charge >= 0.3 is 12.1 Å². The second-order valence-corrected chi connectivity index (χ2v) is 4.44. The number of aliphatic imine (C=N–C) groups is 3. The minimum Gasteiger partial charge on any atom is -0.394 e. The largest absolute Gasteiger partial charge is 0.394 e. The minimum atomic E-state index is -0.923. The molecule has 0 saturated carbocycles. The molecule has 0 radical (unpaired) electrons. The molecule has 3 atom stereocenters. The zero-order valence-electron chi connectivity index (χ0n) is 10.1. The standard InChI is InChI=1S/C10H11N5O5/c11-7-6-8(14-9(18)13-7)15(10(19)12-6)5-1-3(17)4(2-16)20-5/h3-5,16-17H,1-2H2,(H2,11,13,18)/t3-,4+,5+/m0/s1. The number of aliphatic hydroxyl groups is 2. The van der Waals surface area contributed by atoms with E-state index in [1.165, 1.54) is 0 Å². The summed E-state index contributed by atoms with van der Waals surface area (Å²) in [6, 6.07) is -1.55. The first-order chi connectivity index (χ1) is 9.51. The summed E-state index contributed by atoms with van der Waals surface area (Å²) in [6.45, 7) is -0.386. The van der Waals surface area contributed by atoms with Crippen molar-refractivity contribution >= 4 is 29.4 Å². The molecule has 10 nitrogen and oxygen atoms in total. The fraction of sp³-hybridized carbons (Fsp3) is 0.500. The number of rotatable bonds is 2. The van der Waals surface area contributed by atoms with Crippen LogP contribution < -0.4 is 5.73 Å². The summed E-state index contributed by atoms with van der Waals surface area (Å²) < 4.78 is 5.36. The van der Waals surface area contributed by atoms with Crippen molar-refractivity contribution in [3.63, 3.8) is 0 Å². The molecule has 0 aromatic rings. The summed E-state index contributed by atoms with van der Waals surface area (Å²) in [5.41, 5.74) is 5.54. The Bertz CT molecular complexity index is 583. The zero-order chi connectivity index (χ0) is 14.4. The van der Waals surface area contributed by atoms with Gasteiger partial charge < -0.3 is 20.7 Å². The zero-order valence-corrected chi connectivity index (χ0v) is 10.1. The van der Waals surface area contributed by atoms with Gasteiger partial charge in [-0.2, -0.15) is 15.0 Å². The van der Waals surface area contributed by atoms with E-state index < -0.39 is 30.5 Å². The van der Waals surface area contributed by atoms with Crippen LogP contribution in [0.2, 0.25) is 0 Å². The number of carbonyl (C=O) groups is 2. The molecule has 3 rings (SSSR count). The average molecular weight is 281 g/mol. The summed E-state index contributed by atoms with van der Waals surface area (Å²) >= 11 is 0. The first-order valence-corrected chi connectivity index (χ1v) is 5.85. The minimum absolute atomic E-state index is 0.0140. The van der Waals surface area contributed by atoms with Crippen molar-refractivity contribution in [2.45, 2.75) is 24.9 Å². The highest BCUT2D eigenvalue weighted by Crippen LogP contribution is 2.27. The van der Waals surface area contributed by atoms with Crippen LogP contribution in [0.5, 0.6) is 0 Å². The molecule has 3 aliphatic rings. The molecular formula is C10H11N5O5. The molecule has 3 aliphatic heterocycles. The third kappa shape index (κ3) is 1.81. The van der Waals surface area contributed by atoms with Gasteiger partial charge in [0, 0.05) is 6.42 Å². The van der Waals surface area contributed by atoms with Gasteiger partial charge in [-0.15, -0.1) is 0 Å². The molecule has 1 saturated heterocycles. The lowest BCUT2D eigenvalue weighted by atomic mass is 10.2. The molecule has 3 heterocycles. The van der Waals surface area contributed by atoms with Gasteiger partial charge in [0.2, 0.25) is 0 Å². The lowest BCUT2D eigenvalue weighted by molar-refractivity contribution is -0.0471. The van der Waals surface area contributed by atoms with Crippen molar-refractivity contribution in [3.05, 3.63) is 0 Å². The van der Waals surface area contributed by atoms with Crippen molar-refractivity contribution in [3.8, 4) is 0 Å². The molecular weight excluding hydrogens is 270 g/mol. The second kappa shape index (κ2) is 4.44.